The van der Waals surface area contributed by atoms with E-state index in [1.54, 1.807) is 0 Å². The van der Waals surface area contributed by atoms with Gasteiger partial charge in [0, 0.05) is 6.20 Å². The summed E-state index contributed by atoms with van der Waals surface area (Å²) in [5, 5.41) is -3.52. The van der Waals surface area contributed by atoms with Crippen LogP contribution in [0, 0.1) is 0 Å². The molecular weight excluding hydrogens is 437 g/mol. The number of rotatable bonds is 6. The van der Waals surface area contributed by atoms with E-state index in [1.807, 2.05) is 0 Å². The van der Waals surface area contributed by atoms with Gasteiger partial charge in [-0.05, 0) is 12.1 Å². The molecule has 0 aliphatic heterocycles. The van der Waals surface area contributed by atoms with Gasteiger partial charge in [0.05, 0.1) is 24.3 Å². The number of hydrogen-bond acceptors (Lipinski definition) is 5. The Morgan fingerprint density at radius 2 is 1.54 bits per heavy atom. The van der Waals surface area contributed by atoms with Crippen LogP contribution < -0.4 is 4.18 Å². The van der Waals surface area contributed by atoms with Crippen molar-refractivity contribution in [3.8, 4) is 11.4 Å². The van der Waals surface area contributed by atoms with Gasteiger partial charge in [0.1, 0.15) is 0 Å². The summed E-state index contributed by atoms with van der Waals surface area (Å²) in [6, 6.07) is 2.72. The third kappa shape index (κ3) is 3.35. The van der Waals surface area contributed by atoms with Gasteiger partial charge in [0.2, 0.25) is 0 Å². The van der Waals surface area contributed by atoms with E-state index in [-0.39, 0.29) is 5.69 Å². The molecule has 0 aliphatic carbocycles. The molecule has 0 unspecified atom stereocenters. The molecule has 6 nitrogen and oxygen atoms in total. The van der Waals surface area contributed by atoms with Crippen LogP contribution in [0.25, 0.3) is 5.69 Å². The maximum atomic E-state index is 13.5. The number of nitrogens with zero attached hydrogens (tertiary/aromatic N) is 3. The highest BCUT2D eigenvalue weighted by molar-refractivity contribution is 7.88. The van der Waals surface area contributed by atoms with Crippen molar-refractivity contribution in [1.29, 1.82) is 0 Å². The van der Waals surface area contributed by atoms with Crippen LogP contribution in [0.2, 0.25) is 0 Å². The van der Waals surface area contributed by atoms with Crippen LogP contribution in [0.4, 0.5) is 39.5 Å². The first-order chi connectivity index (χ1) is 12.5. The average Bonchev–Trinajstić information content (AvgIpc) is 3.02. The third-order valence-electron chi connectivity index (χ3n) is 3.11. The number of alkyl halides is 9. The molecule has 0 spiro atoms. The first-order valence-corrected chi connectivity index (χ1v) is 8.05. The van der Waals surface area contributed by atoms with Gasteiger partial charge in [0.15, 0.2) is 5.75 Å². The standard InChI is InChI=1S/C12H6F9N3O3S/c13-9(14,11(17,18)19)10(15,16)12(20,21)28(25,26)27-8-5-23-24(6-8)7-2-1-3-22-4-7/h1-6H. The Kier molecular flexibility index (Phi) is 5.07. The van der Waals surface area contributed by atoms with Gasteiger partial charge < -0.3 is 4.18 Å². The molecule has 28 heavy (non-hydrogen) atoms. The van der Waals surface area contributed by atoms with Crippen LogP contribution in [0.3, 0.4) is 0 Å². The van der Waals surface area contributed by atoms with E-state index < -0.39 is 39.1 Å². The molecule has 16 heteroatoms. The van der Waals surface area contributed by atoms with Gasteiger partial charge >= 0.3 is 33.4 Å². The third-order valence-corrected chi connectivity index (χ3v) is 4.40. The monoisotopic (exact) mass is 443 g/mol. The molecule has 2 aromatic rings. The predicted octanol–water partition coefficient (Wildman–Crippen LogP) is 3.40. The van der Waals surface area contributed by atoms with E-state index in [2.05, 4.69) is 14.3 Å². The minimum Gasteiger partial charge on any atom is -0.375 e. The maximum absolute atomic E-state index is 13.5. The van der Waals surface area contributed by atoms with Crippen molar-refractivity contribution >= 4 is 10.1 Å². The maximum Gasteiger partial charge on any atom is 0.460 e. The first kappa shape index (κ1) is 21.8. The van der Waals surface area contributed by atoms with E-state index in [1.165, 1.54) is 18.3 Å². The minimum absolute atomic E-state index is 0.121. The molecule has 0 bridgehead atoms. The van der Waals surface area contributed by atoms with Gasteiger partial charge in [-0.15, -0.1) is 0 Å². The van der Waals surface area contributed by atoms with Crippen LogP contribution in [0.15, 0.2) is 36.9 Å². The molecule has 0 fully saturated rings. The average molecular weight is 443 g/mol. The lowest BCUT2D eigenvalue weighted by atomic mass is 10.1. The highest BCUT2D eigenvalue weighted by Crippen LogP contribution is 2.54. The van der Waals surface area contributed by atoms with Gasteiger partial charge in [0.25, 0.3) is 0 Å². The zero-order valence-electron chi connectivity index (χ0n) is 12.8. The van der Waals surface area contributed by atoms with Crippen molar-refractivity contribution in [1.82, 2.24) is 14.8 Å². The molecule has 0 aliphatic rings. The highest BCUT2D eigenvalue weighted by Gasteiger charge is 2.86. The molecule has 0 aromatic carbocycles. The molecule has 0 atom stereocenters. The van der Waals surface area contributed by atoms with Crippen LogP contribution in [-0.2, 0) is 10.1 Å². The van der Waals surface area contributed by atoms with E-state index >= 15 is 0 Å². The Labute approximate surface area is 149 Å². The normalized spacial score (nSPS) is 14.2. The molecule has 0 radical (unpaired) electrons. The second-order valence-corrected chi connectivity index (χ2v) is 6.62. The molecular formula is C12H6F9N3O3S. The van der Waals surface area contributed by atoms with Crippen molar-refractivity contribution in [2.75, 3.05) is 0 Å². The minimum atomic E-state index is -7.38. The zero-order chi connectivity index (χ0) is 21.6. The summed E-state index contributed by atoms with van der Waals surface area (Å²) in [5.74, 6) is -15.9. The summed E-state index contributed by atoms with van der Waals surface area (Å²) in [6.45, 7) is 0. The van der Waals surface area contributed by atoms with E-state index in [0.29, 0.717) is 12.4 Å². The molecule has 0 saturated carbocycles. The summed E-state index contributed by atoms with van der Waals surface area (Å²) in [6.07, 6.45) is -3.72. The molecule has 156 valence electrons. The van der Waals surface area contributed by atoms with Crippen molar-refractivity contribution < 1.29 is 52.1 Å². The SMILES string of the molecule is O=S(=O)(Oc1cnn(-c2cccnc2)c1)C(F)(F)C(F)(F)C(F)(F)C(F)(F)F. The fourth-order valence-electron chi connectivity index (χ4n) is 1.68. The van der Waals surface area contributed by atoms with Gasteiger partial charge in [-0.2, -0.15) is 53.0 Å². The number of hydrogen-bond donors (Lipinski definition) is 0. The van der Waals surface area contributed by atoms with Crippen LogP contribution in [0.1, 0.15) is 0 Å². The van der Waals surface area contributed by atoms with E-state index in [9.17, 15) is 47.9 Å². The fourth-order valence-corrected chi connectivity index (χ4v) is 2.56. The number of pyridine rings is 1. The van der Waals surface area contributed by atoms with Crippen molar-refractivity contribution in [2.45, 2.75) is 23.3 Å². The lowest BCUT2D eigenvalue weighted by molar-refractivity contribution is -0.382. The van der Waals surface area contributed by atoms with E-state index in [4.69, 9.17) is 0 Å². The van der Waals surface area contributed by atoms with Crippen LogP contribution >= 0.6 is 0 Å². The summed E-state index contributed by atoms with van der Waals surface area (Å²) >= 11 is 0. The Morgan fingerprint density at radius 1 is 0.929 bits per heavy atom. The lowest BCUT2D eigenvalue weighted by Gasteiger charge is -2.32. The summed E-state index contributed by atoms with van der Waals surface area (Å²) in [7, 11) is -7.02. The van der Waals surface area contributed by atoms with Crippen LogP contribution in [-0.4, -0.2) is 46.5 Å². The first-order valence-electron chi connectivity index (χ1n) is 6.64. The fraction of sp³-hybridized carbons (Fsp3) is 0.333. The molecule has 0 N–H and O–H groups in total. The molecule has 0 saturated heterocycles. The van der Waals surface area contributed by atoms with Gasteiger partial charge in [-0.25, -0.2) is 4.68 Å². The lowest BCUT2D eigenvalue weighted by Crippen LogP contribution is -2.63. The Morgan fingerprint density at radius 3 is 2.04 bits per heavy atom. The number of aromatic nitrogens is 3. The largest absolute Gasteiger partial charge is 0.460 e. The zero-order valence-corrected chi connectivity index (χ0v) is 13.7. The Hall–Kier alpha value is -2.52. The highest BCUT2D eigenvalue weighted by atomic mass is 32.2. The molecule has 2 aromatic heterocycles. The molecule has 0 amide bonds. The van der Waals surface area contributed by atoms with Gasteiger partial charge in [-0.1, -0.05) is 0 Å². The summed E-state index contributed by atoms with van der Waals surface area (Å²) < 4.78 is 142. The second-order valence-electron chi connectivity index (χ2n) is 5.03. The topological polar surface area (TPSA) is 74.1 Å². The number of halogens is 9. The van der Waals surface area contributed by atoms with Crippen LogP contribution in [0.5, 0.6) is 5.75 Å². The molecule has 2 heterocycles. The van der Waals surface area contributed by atoms with Crippen molar-refractivity contribution in [3.63, 3.8) is 0 Å². The smallest absolute Gasteiger partial charge is 0.375 e. The van der Waals surface area contributed by atoms with Gasteiger partial charge in [-0.3, -0.25) is 4.98 Å². The van der Waals surface area contributed by atoms with Crippen molar-refractivity contribution in [3.05, 3.63) is 36.9 Å². The summed E-state index contributed by atoms with van der Waals surface area (Å²) in [4.78, 5) is 3.64. The predicted molar refractivity (Wildman–Crippen MR) is 71.8 cm³/mol. The van der Waals surface area contributed by atoms with Crippen molar-refractivity contribution in [2.24, 2.45) is 0 Å². The summed E-state index contributed by atoms with van der Waals surface area (Å²) in [5.41, 5.74) is 0.121. The quantitative estimate of drug-likeness (QED) is 0.506. The molecule has 2 rings (SSSR count). The van der Waals surface area contributed by atoms with E-state index in [0.717, 1.165) is 10.9 Å². The second kappa shape index (κ2) is 6.52. The Bertz CT molecular complexity index is 942. The Balaban J connectivity index is 2.37.